The van der Waals surface area contributed by atoms with Crippen LogP contribution in [-0.2, 0) is 17.5 Å². The fourth-order valence-corrected chi connectivity index (χ4v) is 4.40. The lowest BCUT2D eigenvalue weighted by atomic mass is 10.1. The second-order valence-corrected chi connectivity index (χ2v) is 8.22. The summed E-state index contributed by atoms with van der Waals surface area (Å²) in [5.74, 6) is 1.10. The molecule has 6 nitrogen and oxygen atoms in total. The fourth-order valence-electron chi connectivity index (χ4n) is 3.60. The van der Waals surface area contributed by atoms with Gasteiger partial charge in [0, 0.05) is 32.6 Å². The van der Waals surface area contributed by atoms with Gasteiger partial charge in [-0.1, -0.05) is 18.2 Å². The van der Waals surface area contributed by atoms with Gasteiger partial charge < -0.3 is 15.5 Å². The number of rotatable bonds is 8. The van der Waals surface area contributed by atoms with Crippen LogP contribution in [0.15, 0.2) is 35.7 Å². The molecule has 1 saturated heterocycles. The number of thiophene rings is 1. The van der Waals surface area contributed by atoms with Gasteiger partial charge in [0.2, 0.25) is 11.9 Å². The average molecular weight is 450 g/mol. The zero-order valence-corrected chi connectivity index (χ0v) is 17.5. The third kappa shape index (κ3) is 5.07. The van der Waals surface area contributed by atoms with Crippen molar-refractivity contribution < 1.29 is 18.0 Å². The molecule has 31 heavy (non-hydrogen) atoms. The Bertz CT molecular complexity index is 1070. The molecule has 0 radical (unpaired) electrons. The van der Waals surface area contributed by atoms with Crippen LogP contribution < -0.4 is 10.6 Å². The highest BCUT2D eigenvalue weighted by molar-refractivity contribution is 7.17. The van der Waals surface area contributed by atoms with Crippen LogP contribution in [0.25, 0.3) is 10.2 Å². The largest absolute Gasteiger partial charge is 0.416 e. The van der Waals surface area contributed by atoms with E-state index in [1.807, 2.05) is 16.3 Å². The van der Waals surface area contributed by atoms with Gasteiger partial charge in [0.15, 0.2) is 0 Å². The van der Waals surface area contributed by atoms with E-state index in [1.165, 1.54) is 23.5 Å². The summed E-state index contributed by atoms with van der Waals surface area (Å²) in [6.07, 6.45) is -2.11. The third-order valence-corrected chi connectivity index (χ3v) is 6.04. The number of anilines is 2. The van der Waals surface area contributed by atoms with Crippen molar-refractivity contribution in [1.82, 2.24) is 14.9 Å². The van der Waals surface area contributed by atoms with E-state index in [9.17, 15) is 18.0 Å². The van der Waals surface area contributed by atoms with E-state index in [2.05, 4.69) is 20.6 Å². The molecular weight excluding hydrogens is 427 g/mol. The van der Waals surface area contributed by atoms with Gasteiger partial charge in [-0.3, -0.25) is 4.79 Å². The number of benzene rings is 1. The first-order chi connectivity index (χ1) is 14.9. The van der Waals surface area contributed by atoms with Crippen molar-refractivity contribution >= 4 is 39.2 Å². The molecule has 1 aliphatic rings. The first-order valence-corrected chi connectivity index (χ1v) is 11.0. The molecule has 0 bridgehead atoms. The summed E-state index contributed by atoms with van der Waals surface area (Å²) >= 11 is 1.43. The molecule has 1 amide bonds. The van der Waals surface area contributed by atoms with Gasteiger partial charge in [0.05, 0.1) is 15.8 Å². The maximum absolute atomic E-state index is 13.3. The number of carbonyl (C=O) groups excluding carboxylic acids is 1. The van der Waals surface area contributed by atoms with E-state index in [1.54, 1.807) is 6.07 Å². The van der Waals surface area contributed by atoms with Crippen LogP contribution >= 0.6 is 11.3 Å². The van der Waals surface area contributed by atoms with Crippen LogP contribution in [0.4, 0.5) is 24.9 Å². The number of hydrogen-bond donors (Lipinski definition) is 2. The molecule has 2 aromatic heterocycles. The molecule has 3 heterocycles. The molecule has 1 fully saturated rings. The zero-order chi connectivity index (χ0) is 21.8. The highest BCUT2D eigenvalue weighted by Crippen LogP contribution is 2.33. The summed E-state index contributed by atoms with van der Waals surface area (Å²) in [5, 5.41) is 8.09. The minimum atomic E-state index is -4.41. The maximum Gasteiger partial charge on any atom is 0.416 e. The maximum atomic E-state index is 13.3. The third-order valence-electron chi connectivity index (χ3n) is 5.13. The number of hydrogen-bond acceptors (Lipinski definition) is 6. The SMILES string of the molecule is O=C1CCCN1CCCNc1nc(NCc2ccccc2C(F)(F)F)c2sccc2n1. The standard InChI is InChI=1S/C21H22F3N5OS/c22-21(23,24)15-6-2-1-5-14(15)13-26-19-18-16(8-12-31-18)27-20(28-19)25-9-4-11-29-10-3-7-17(29)30/h1-2,5-6,8,12H,3-4,7,9-11,13H2,(H2,25,26,27,28). The van der Waals surface area contributed by atoms with Gasteiger partial charge in [-0.15, -0.1) is 11.3 Å². The Labute approximate surface area is 181 Å². The topological polar surface area (TPSA) is 70.2 Å². The molecule has 1 aromatic carbocycles. The first-order valence-electron chi connectivity index (χ1n) is 10.1. The summed E-state index contributed by atoms with van der Waals surface area (Å²) in [6.45, 7) is 2.08. The number of alkyl halides is 3. The molecule has 1 aliphatic heterocycles. The Balaban J connectivity index is 1.43. The molecule has 4 rings (SSSR count). The monoisotopic (exact) mass is 449 g/mol. The molecule has 0 spiro atoms. The Morgan fingerprint density at radius 1 is 1.13 bits per heavy atom. The first kappa shape index (κ1) is 21.4. The summed E-state index contributed by atoms with van der Waals surface area (Å²) in [7, 11) is 0. The number of amides is 1. The van der Waals surface area contributed by atoms with E-state index in [-0.39, 0.29) is 18.0 Å². The molecule has 2 N–H and O–H groups in total. The number of halogens is 3. The van der Waals surface area contributed by atoms with Crippen molar-refractivity contribution in [3.05, 3.63) is 46.8 Å². The predicted molar refractivity (Wildman–Crippen MR) is 115 cm³/mol. The van der Waals surface area contributed by atoms with E-state index in [0.29, 0.717) is 31.3 Å². The smallest absolute Gasteiger partial charge is 0.365 e. The normalized spacial score (nSPS) is 14.4. The van der Waals surface area contributed by atoms with Gasteiger partial charge in [-0.05, 0) is 35.9 Å². The van der Waals surface area contributed by atoms with Gasteiger partial charge in [-0.2, -0.15) is 18.2 Å². The predicted octanol–water partition coefficient (Wildman–Crippen LogP) is 4.75. The number of nitrogens with zero attached hydrogens (tertiary/aromatic N) is 3. The second kappa shape index (κ2) is 9.09. The van der Waals surface area contributed by atoms with Crippen LogP contribution in [0.1, 0.15) is 30.4 Å². The van der Waals surface area contributed by atoms with E-state index < -0.39 is 11.7 Å². The van der Waals surface area contributed by atoms with Crippen molar-refractivity contribution in [3.8, 4) is 0 Å². The molecular formula is C21H22F3N5OS. The Morgan fingerprint density at radius 3 is 2.74 bits per heavy atom. The second-order valence-electron chi connectivity index (χ2n) is 7.30. The van der Waals surface area contributed by atoms with Crippen molar-refractivity contribution in [3.63, 3.8) is 0 Å². The van der Waals surface area contributed by atoms with Crippen molar-refractivity contribution in [1.29, 1.82) is 0 Å². The van der Waals surface area contributed by atoms with Crippen LogP contribution in [0.5, 0.6) is 0 Å². The Hall–Kier alpha value is -2.88. The number of nitrogens with one attached hydrogen (secondary N) is 2. The van der Waals surface area contributed by atoms with Gasteiger partial charge in [0.1, 0.15) is 5.82 Å². The van der Waals surface area contributed by atoms with E-state index in [4.69, 9.17) is 0 Å². The lowest BCUT2D eigenvalue weighted by Crippen LogP contribution is -2.27. The lowest BCUT2D eigenvalue weighted by Gasteiger charge is -2.16. The molecule has 0 unspecified atom stereocenters. The number of carbonyl (C=O) groups is 1. The fraction of sp³-hybridized carbons (Fsp3) is 0.381. The molecule has 0 saturated carbocycles. The minimum Gasteiger partial charge on any atom is -0.365 e. The van der Waals surface area contributed by atoms with Gasteiger partial charge >= 0.3 is 6.18 Å². The van der Waals surface area contributed by atoms with Gasteiger partial charge in [0.25, 0.3) is 0 Å². The van der Waals surface area contributed by atoms with E-state index >= 15 is 0 Å². The summed E-state index contributed by atoms with van der Waals surface area (Å²) in [5.41, 5.74) is 0.223. The lowest BCUT2D eigenvalue weighted by molar-refractivity contribution is -0.138. The summed E-state index contributed by atoms with van der Waals surface area (Å²) < 4.78 is 40.6. The number of fused-ring (bicyclic) bond motifs is 1. The zero-order valence-electron chi connectivity index (χ0n) is 16.7. The quantitative estimate of drug-likeness (QED) is 0.486. The Morgan fingerprint density at radius 2 is 1.97 bits per heavy atom. The van der Waals surface area contributed by atoms with Crippen LogP contribution in [0.2, 0.25) is 0 Å². The van der Waals surface area contributed by atoms with Gasteiger partial charge in [-0.25, -0.2) is 4.98 Å². The molecule has 0 aliphatic carbocycles. The minimum absolute atomic E-state index is 0.00376. The highest BCUT2D eigenvalue weighted by atomic mass is 32.1. The highest BCUT2D eigenvalue weighted by Gasteiger charge is 2.32. The average Bonchev–Trinajstić information content (AvgIpc) is 3.38. The van der Waals surface area contributed by atoms with Crippen molar-refractivity contribution in [2.45, 2.75) is 32.0 Å². The molecule has 10 heteroatoms. The molecule has 0 atom stereocenters. The van der Waals surface area contributed by atoms with Crippen LogP contribution in [0, 0.1) is 0 Å². The number of aromatic nitrogens is 2. The molecule has 164 valence electrons. The molecule has 3 aromatic rings. The van der Waals surface area contributed by atoms with E-state index in [0.717, 1.165) is 35.7 Å². The summed E-state index contributed by atoms with van der Waals surface area (Å²) in [6, 6.07) is 7.36. The number of likely N-dealkylation sites (tertiary alicyclic amines) is 1. The van der Waals surface area contributed by atoms with Crippen LogP contribution in [-0.4, -0.2) is 40.4 Å². The summed E-state index contributed by atoms with van der Waals surface area (Å²) in [4.78, 5) is 22.5. The van der Waals surface area contributed by atoms with Crippen LogP contribution in [0.3, 0.4) is 0 Å². The Kier molecular flexibility index (Phi) is 6.26. The van der Waals surface area contributed by atoms with Crippen molar-refractivity contribution in [2.75, 3.05) is 30.3 Å². The van der Waals surface area contributed by atoms with Crippen molar-refractivity contribution in [2.24, 2.45) is 0 Å².